The number of hydrogen-bond acceptors (Lipinski definition) is 4. The van der Waals surface area contributed by atoms with E-state index in [9.17, 15) is 22.8 Å². The monoisotopic (exact) mass is 407 g/mol. The maximum absolute atomic E-state index is 13.2. The number of alkyl halides is 3. The lowest BCUT2D eigenvalue weighted by Gasteiger charge is -2.19. The van der Waals surface area contributed by atoms with Crippen molar-refractivity contribution < 1.29 is 22.7 Å². The number of carbonyl (C=O) groups is 1. The van der Waals surface area contributed by atoms with E-state index in [0.717, 1.165) is 30.3 Å². The van der Waals surface area contributed by atoms with Crippen LogP contribution in [0.4, 0.5) is 19.1 Å². The van der Waals surface area contributed by atoms with Crippen LogP contribution in [0.3, 0.4) is 0 Å². The Morgan fingerprint density at radius 1 is 1.14 bits per heavy atom. The first kappa shape index (κ1) is 19.5. The molecule has 2 aliphatic rings. The molecule has 1 unspecified atom stereocenters. The molecule has 0 bridgehead atoms. The number of rotatable bonds is 4. The number of nitrogens with zero attached hydrogens (tertiary/aromatic N) is 3. The van der Waals surface area contributed by atoms with E-state index in [1.54, 1.807) is 24.3 Å². The lowest BCUT2D eigenvalue weighted by molar-refractivity contribution is -0.141. The Bertz CT molecular complexity index is 979. The van der Waals surface area contributed by atoms with Crippen LogP contribution in [0.1, 0.15) is 43.0 Å². The number of aromatic nitrogens is 2. The Morgan fingerprint density at radius 3 is 2.38 bits per heavy atom. The first-order chi connectivity index (χ1) is 13.8. The van der Waals surface area contributed by atoms with Crippen molar-refractivity contribution in [3.05, 3.63) is 51.9 Å². The zero-order chi connectivity index (χ0) is 20.8. The van der Waals surface area contributed by atoms with E-state index < -0.39 is 23.5 Å². The summed E-state index contributed by atoms with van der Waals surface area (Å²) in [7, 11) is 1.52. The van der Waals surface area contributed by atoms with Gasteiger partial charge in [-0.3, -0.25) is 19.1 Å². The van der Waals surface area contributed by atoms with Gasteiger partial charge in [-0.2, -0.15) is 13.2 Å². The Kier molecular flexibility index (Phi) is 4.84. The molecular weight excluding hydrogens is 387 g/mol. The van der Waals surface area contributed by atoms with Crippen LogP contribution in [-0.2, 0) is 17.5 Å². The average molecular weight is 407 g/mol. The van der Waals surface area contributed by atoms with E-state index in [2.05, 4.69) is 4.98 Å². The summed E-state index contributed by atoms with van der Waals surface area (Å²) in [5, 5.41) is 0. The molecule has 29 heavy (non-hydrogen) atoms. The maximum Gasteiger partial charge on any atom is 0.433 e. The smallest absolute Gasteiger partial charge is 0.433 e. The molecule has 0 radical (unpaired) electrons. The summed E-state index contributed by atoms with van der Waals surface area (Å²) >= 11 is 0. The van der Waals surface area contributed by atoms with Crippen LogP contribution in [0.25, 0.3) is 0 Å². The molecule has 9 heteroatoms. The summed E-state index contributed by atoms with van der Waals surface area (Å²) in [6, 6.07) is 6.55. The lowest BCUT2D eigenvalue weighted by atomic mass is 9.97. The fourth-order valence-corrected chi connectivity index (χ4v) is 4.19. The molecule has 6 nitrogen and oxygen atoms in total. The van der Waals surface area contributed by atoms with E-state index in [0.29, 0.717) is 17.4 Å². The summed E-state index contributed by atoms with van der Waals surface area (Å²) in [5.74, 6) is -0.0584. The molecule has 2 aromatic rings. The van der Waals surface area contributed by atoms with Crippen LogP contribution >= 0.6 is 0 Å². The number of amides is 1. The summed E-state index contributed by atoms with van der Waals surface area (Å²) < 4.78 is 46.0. The van der Waals surface area contributed by atoms with Gasteiger partial charge >= 0.3 is 6.18 Å². The van der Waals surface area contributed by atoms with Crippen LogP contribution < -0.4 is 15.2 Å². The molecule has 1 saturated carbocycles. The average Bonchev–Trinajstić information content (AvgIpc) is 3.29. The third-order valence-corrected chi connectivity index (χ3v) is 5.61. The Balaban J connectivity index is 1.78. The highest BCUT2D eigenvalue weighted by Gasteiger charge is 2.46. The highest BCUT2D eigenvalue weighted by Crippen LogP contribution is 2.41. The molecule has 1 amide bonds. The van der Waals surface area contributed by atoms with E-state index in [4.69, 9.17) is 4.74 Å². The number of anilines is 1. The standard InChI is InChI=1S/C20H20F3N3O3/c1-29-14-8-6-12(7-9-14)11-25-18(28)17(13-4-2-3-5-13)26-16(27)10-15(20(21,22)23)24-19(25)26/h6-10,13,17H,2-5,11H2,1H3. The molecule has 1 atom stereocenters. The maximum atomic E-state index is 13.2. The second-order valence-corrected chi connectivity index (χ2v) is 7.41. The first-order valence-corrected chi connectivity index (χ1v) is 9.44. The van der Waals surface area contributed by atoms with E-state index in [-0.39, 0.29) is 24.3 Å². The summed E-state index contributed by atoms with van der Waals surface area (Å²) in [5.41, 5.74) is -1.43. The van der Waals surface area contributed by atoms with Crippen molar-refractivity contribution in [2.45, 2.75) is 44.4 Å². The molecule has 1 aromatic carbocycles. The van der Waals surface area contributed by atoms with Crippen molar-refractivity contribution in [1.29, 1.82) is 0 Å². The van der Waals surface area contributed by atoms with Gasteiger partial charge in [0.25, 0.3) is 11.5 Å². The van der Waals surface area contributed by atoms with Crippen molar-refractivity contribution in [3.63, 3.8) is 0 Å². The summed E-state index contributed by atoms with van der Waals surface area (Å²) in [6.07, 6.45) is -1.37. The summed E-state index contributed by atoms with van der Waals surface area (Å²) in [4.78, 5) is 30.7. The number of methoxy groups -OCH3 is 1. The highest BCUT2D eigenvalue weighted by molar-refractivity contribution is 5.98. The molecule has 2 heterocycles. The van der Waals surface area contributed by atoms with Crippen LogP contribution in [-0.4, -0.2) is 22.6 Å². The molecule has 154 valence electrons. The van der Waals surface area contributed by atoms with Gasteiger partial charge < -0.3 is 4.74 Å². The van der Waals surface area contributed by atoms with Crippen molar-refractivity contribution in [1.82, 2.24) is 9.55 Å². The normalized spacial score (nSPS) is 19.7. The predicted octanol–water partition coefficient (Wildman–Crippen LogP) is 3.55. The van der Waals surface area contributed by atoms with Crippen molar-refractivity contribution >= 4 is 11.9 Å². The minimum atomic E-state index is -4.77. The van der Waals surface area contributed by atoms with E-state index in [1.807, 2.05) is 0 Å². The van der Waals surface area contributed by atoms with Gasteiger partial charge in [0.05, 0.1) is 13.7 Å². The molecular formula is C20H20F3N3O3. The Labute approximate surface area is 164 Å². The molecule has 0 spiro atoms. The predicted molar refractivity (Wildman–Crippen MR) is 98.7 cm³/mol. The highest BCUT2D eigenvalue weighted by atomic mass is 19.4. The van der Waals surface area contributed by atoms with Crippen molar-refractivity contribution in [3.8, 4) is 5.75 Å². The zero-order valence-corrected chi connectivity index (χ0v) is 15.8. The fraction of sp³-hybridized carbons (Fsp3) is 0.450. The van der Waals surface area contributed by atoms with E-state index >= 15 is 0 Å². The van der Waals surface area contributed by atoms with Crippen LogP contribution in [0.15, 0.2) is 35.1 Å². The number of carbonyl (C=O) groups excluding carboxylic acids is 1. The second kappa shape index (κ2) is 7.20. The molecule has 1 fully saturated rings. The third kappa shape index (κ3) is 3.49. The van der Waals surface area contributed by atoms with Crippen molar-refractivity contribution in [2.75, 3.05) is 12.0 Å². The number of fused-ring (bicyclic) bond motifs is 1. The minimum absolute atomic E-state index is 0.0276. The lowest BCUT2D eigenvalue weighted by Crippen LogP contribution is -2.32. The van der Waals surface area contributed by atoms with E-state index in [1.165, 1.54) is 12.0 Å². The molecule has 4 rings (SSSR count). The number of hydrogen-bond donors (Lipinski definition) is 0. The first-order valence-electron chi connectivity index (χ1n) is 9.44. The fourth-order valence-electron chi connectivity index (χ4n) is 4.19. The van der Waals surface area contributed by atoms with Gasteiger partial charge in [0, 0.05) is 6.07 Å². The van der Waals surface area contributed by atoms with Gasteiger partial charge in [-0.1, -0.05) is 25.0 Å². The van der Waals surface area contributed by atoms with Crippen LogP contribution in [0.2, 0.25) is 0 Å². The summed E-state index contributed by atoms with van der Waals surface area (Å²) in [6.45, 7) is 0.0276. The van der Waals surface area contributed by atoms with Gasteiger partial charge in [-0.15, -0.1) is 0 Å². The number of halogens is 3. The largest absolute Gasteiger partial charge is 0.497 e. The molecule has 0 saturated heterocycles. The minimum Gasteiger partial charge on any atom is -0.497 e. The zero-order valence-electron chi connectivity index (χ0n) is 15.8. The molecule has 0 N–H and O–H groups in total. The van der Waals surface area contributed by atoms with Gasteiger partial charge in [0.1, 0.15) is 11.8 Å². The number of ether oxygens (including phenoxy) is 1. The van der Waals surface area contributed by atoms with Gasteiger partial charge in [0.2, 0.25) is 5.95 Å². The third-order valence-electron chi connectivity index (χ3n) is 5.61. The topological polar surface area (TPSA) is 64.4 Å². The SMILES string of the molecule is COc1ccc(CN2C(=O)C(C3CCCC3)n3c2nc(C(F)(F)F)cc3=O)cc1. The molecule has 1 aromatic heterocycles. The number of benzene rings is 1. The Morgan fingerprint density at radius 2 is 1.79 bits per heavy atom. The van der Waals surface area contributed by atoms with Gasteiger partial charge in [0.15, 0.2) is 5.69 Å². The second-order valence-electron chi connectivity index (χ2n) is 7.41. The Hall–Kier alpha value is -2.84. The molecule has 1 aliphatic heterocycles. The van der Waals surface area contributed by atoms with Crippen molar-refractivity contribution in [2.24, 2.45) is 5.92 Å². The molecule has 1 aliphatic carbocycles. The van der Waals surface area contributed by atoms with Crippen LogP contribution in [0.5, 0.6) is 5.75 Å². The van der Waals surface area contributed by atoms with Gasteiger partial charge in [-0.05, 0) is 36.5 Å². The van der Waals surface area contributed by atoms with Gasteiger partial charge in [-0.25, -0.2) is 4.98 Å². The quantitative estimate of drug-likeness (QED) is 0.778. The van der Waals surface area contributed by atoms with Crippen LogP contribution in [0, 0.1) is 5.92 Å².